The molecule has 18 heavy (non-hydrogen) atoms. The van der Waals surface area contributed by atoms with E-state index in [1.165, 1.54) is 11.3 Å². The molecule has 2 rings (SSSR count). The Morgan fingerprint density at radius 1 is 1.39 bits per heavy atom. The lowest BCUT2D eigenvalue weighted by Crippen LogP contribution is -2.35. The largest absolute Gasteiger partial charge is 0.317 e. The van der Waals surface area contributed by atoms with Crippen LogP contribution in [-0.2, 0) is 16.4 Å². The summed E-state index contributed by atoms with van der Waals surface area (Å²) in [6.45, 7) is 4.57. The molecule has 0 unspecified atom stereocenters. The van der Waals surface area contributed by atoms with Crippen molar-refractivity contribution in [3.05, 3.63) is 17.0 Å². The molecule has 1 aromatic rings. The van der Waals surface area contributed by atoms with Crippen LogP contribution in [-0.4, -0.2) is 28.1 Å². The average molecular weight is 288 g/mol. The van der Waals surface area contributed by atoms with Crippen molar-refractivity contribution in [3.63, 3.8) is 0 Å². The second kappa shape index (κ2) is 6.14. The van der Waals surface area contributed by atoms with Gasteiger partial charge in [0.05, 0.1) is 0 Å². The summed E-state index contributed by atoms with van der Waals surface area (Å²) in [6.07, 6.45) is 2.98. The van der Waals surface area contributed by atoms with E-state index in [2.05, 4.69) is 10.0 Å². The first kappa shape index (κ1) is 14.0. The van der Waals surface area contributed by atoms with Gasteiger partial charge in [0, 0.05) is 11.4 Å². The monoisotopic (exact) mass is 288 g/mol. The third-order valence-electron chi connectivity index (χ3n) is 3.27. The molecular weight excluding hydrogens is 268 g/mol. The maximum absolute atomic E-state index is 12.1. The number of aryl methyl sites for hydroxylation is 1. The van der Waals surface area contributed by atoms with Gasteiger partial charge in [-0.3, -0.25) is 0 Å². The molecule has 2 N–H and O–H groups in total. The molecule has 6 heteroatoms. The predicted molar refractivity (Wildman–Crippen MR) is 74.5 cm³/mol. The highest BCUT2D eigenvalue weighted by Crippen LogP contribution is 2.22. The normalized spacial score (nSPS) is 18.1. The first-order valence-electron chi connectivity index (χ1n) is 6.41. The summed E-state index contributed by atoms with van der Waals surface area (Å²) >= 11 is 1.36. The zero-order valence-electron chi connectivity index (χ0n) is 10.6. The van der Waals surface area contributed by atoms with Crippen LogP contribution in [0.3, 0.4) is 0 Å². The Labute approximate surface area is 113 Å². The van der Waals surface area contributed by atoms with E-state index in [1.54, 1.807) is 6.07 Å². The van der Waals surface area contributed by atoms with E-state index in [-0.39, 0.29) is 0 Å². The van der Waals surface area contributed by atoms with Crippen molar-refractivity contribution in [2.45, 2.75) is 30.4 Å². The van der Waals surface area contributed by atoms with Gasteiger partial charge in [-0.2, -0.15) is 0 Å². The van der Waals surface area contributed by atoms with Crippen LogP contribution >= 0.6 is 11.3 Å². The standard InChI is InChI=1S/C12H20N2O2S2/c1-2-11-3-4-12(17-11)18(15,16)14-9-10-5-7-13-8-6-10/h3-4,10,13-14H,2,5-9H2,1H3. The fraction of sp³-hybridized carbons (Fsp3) is 0.667. The van der Waals surface area contributed by atoms with E-state index in [0.29, 0.717) is 16.7 Å². The molecule has 0 aliphatic carbocycles. The number of nitrogens with one attached hydrogen (secondary N) is 2. The van der Waals surface area contributed by atoms with Gasteiger partial charge in [-0.1, -0.05) is 6.92 Å². The third kappa shape index (κ3) is 3.54. The molecule has 1 aliphatic heterocycles. The fourth-order valence-corrected chi connectivity index (χ4v) is 4.53. The van der Waals surface area contributed by atoms with Crippen molar-refractivity contribution >= 4 is 21.4 Å². The van der Waals surface area contributed by atoms with Gasteiger partial charge in [0.1, 0.15) is 4.21 Å². The topological polar surface area (TPSA) is 58.2 Å². The SMILES string of the molecule is CCc1ccc(S(=O)(=O)NCC2CCNCC2)s1. The molecule has 0 amide bonds. The van der Waals surface area contributed by atoms with Crippen molar-refractivity contribution in [1.29, 1.82) is 0 Å². The molecule has 1 saturated heterocycles. The minimum atomic E-state index is -3.30. The van der Waals surface area contributed by atoms with Gasteiger partial charge in [-0.25, -0.2) is 13.1 Å². The van der Waals surface area contributed by atoms with Crippen LogP contribution in [0.25, 0.3) is 0 Å². The number of hydrogen-bond donors (Lipinski definition) is 2. The van der Waals surface area contributed by atoms with Crippen LogP contribution in [0.5, 0.6) is 0 Å². The molecule has 0 aromatic carbocycles. The lowest BCUT2D eigenvalue weighted by Gasteiger charge is -2.22. The molecule has 0 bridgehead atoms. The lowest BCUT2D eigenvalue weighted by atomic mass is 9.99. The van der Waals surface area contributed by atoms with Crippen molar-refractivity contribution in [2.24, 2.45) is 5.92 Å². The van der Waals surface area contributed by atoms with Gasteiger partial charge in [-0.05, 0) is 50.4 Å². The molecule has 0 spiro atoms. The van der Waals surface area contributed by atoms with Gasteiger partial charge in [0.15, 0.2) is 0 Å². The highest BCUT2D eigenvalue weighted by atomic mass is 32.2. The summed E-state index contributed by atoms with van der Waals surface area (Å²) in [7, 11) is -3.30. The van der Waals surface area contributed by atoms with Crippen LogP contribution < -0.4 is 10.0 Å². The maximum Gasteiger partial charge on any atom is 0.250 e. The number of hydrogen-bond acceptors (Lipinski definition) is 4. The smallest absolute Gasteiger partial charge is 0.250 e. The van der Waals surface area contributed by atoms with Crippen molar-refractivity contribution in [3.8, 4) is 0 Å². The molecule has 1 aromatic heterocycles. The maximum atomic E-state index is 12.1. The van der Waals surface area contributed by atoms with Gasteiger partial charge >= 0.3 is 0 Å². The first-order valence-corrected chi connectivity index (χ1v) is 8.71. The summed E-state index contributed by atoms with van der Waals surface area (Å²) in [6, 6.07) is 3.60. The fourth-order valence-electron chi connectivity index (χ4n) is 2.08. The third-order valence-corrected chi connectivity index (χ3v) is 6.42. The molecule has 4 nitrogen and oxygen atoms in total. The lowest BCUT2D eigenvalue weighted by molar-refractivity contribution is 0.372. The van der Waals surface area contributed by atoms with E-state index in [0.717, 1.165) is 37.2 Å². The Bertz CT molecular complexity index is 476. The van der Waals surface area contributed by atoms with E-state index < -0.39 is 10.0 Å². The summed E-state index contributed by atoms with van der Waals surface area (Å²) < 4.78 is 27.4. The summed E-state index contributed by atoms with van der Waals surface area (Å²) in [5.74, 6) is 0.464. The van der Waals surface area contributed by atoms with Crippen molar-refractivity contribution in [1.82, 2.24) is 10.0 Å². The quantitative estimate of drug-likeness (QED) is 0.865. The molecule has 0 atom stereocenters. The van der Waals surface area contributed by atoms with Crippen LogP contribution in [0, 0.1) is 5.92 Å². The zero-order chi connectivity index (χ0) is 13.0. The first-order chi connectivity index (χ1) is 8.62. The zero-order valence-corrected chi connectivity index (χ0v) is 12.2. The average Bonchev–Trinajstić information content (AvgIpc) is 2.87. The van der Waals surface area contributed by atoms with E-state index >= 15 is 0 Å². The summed E-state index contributed by atoms with van der Waals surface area (Å²) in [4.78, 5) is 1.11. The molecule has 1 fully saturated rings. The minimum absolute atomic E-state index is 0.438. The Morgan fingerprint density at radius 3 is 2.72 bits per heavy atom. The van der Waals surface area contributed by atoms with E-state index in [4.69, 9.17) is 0 Å². The van der Waals surface area contributed by atoms with Crippen LogP contribution in [0.2, 0.25) is 0 Å². The molecule has 2 heterocycles. The van der Waals surface area contributed by atoms with Gasteiger partial charge in [0.25, 0.3) is 0 Å². The second-order valence-electron chi connectivity index (χ2n) is 4.62. The van der Waals surface area contributed by atoms with Gasteiger partial charge in [0.2, 0.25) is 10.0 Å². The van der Waals surface area contributed by atoms with E-state index in [1.807, 2.05) is 13.0 Å². The van der Waals surface area contributed by atoms with Crippen molar-refractivity contribution in [2.75, 3.05) is 19.6 Å². The Morgan fingerprint density at radius 2 is 2.11 bits per heavy atom. The Kier molecular flexibility index (Phi) is 4.77. The molecule has 0 radical (unpaired) electrons. The second-order valence-corrected chi connectivity index (χ2v) is 7.78. The Hall–Kier alpha value is -0.430. The van der Waals surface area contributed by atoms with Crippen molar-refractivity contribution < 1.29 is 8.42 Å². The summed E-state index contributed by atoms with van der Waals surface area (Å²) in [5.41, 5.74) is 0. The van der Waals surface area contributed by atoms with Gasteiger partial charge < -0.3 is 5.32 Å². The molecule has 0 saturated carbocycles. The molecular formula is C12H20N2O2S2. The number of sulfonamides is 1. The van der Waals surface area contributed by atoms with E-state index in [9.17, 15) is 8.42 Å². The Balaban J connectivity index is 1.94. The van der Waals surface area contributed by atoms with Gasteiger partial charge in [-0.15, -0.1) is 11.3 Å². The molecule has 102 valence electrons. The van der Waals surface area contributed by atoms with Crippen LogP contribution in [0.1, 0.15) is 24.6 Å². The number of thiophene rings is 1. The minimum Gasteiger partial charge on any atom is -0.317 e. The number of piperidine rings is 1. The highest BCUT2D eigenvalue weighted by Gasteiger charge is 2.19. The van der Waals surface area contributed by atoms with Crippen LogP contribution in [0.4, 0.5) is 0 Å². The molecule has 1 aliphatic rings. The van der Waals surface area contributed by atoms with Crippen LogP contribution in [0.15, 0.2) is 16.3 Å². The number of rotatable bonds is 5. The summed E-state index contributed by atoms with van der Waals surface area (Å²) in [5, 5.41) is 3.28. The predicted octanol–water partition coefficient (Wildman–Crippen LogP) is 1.59. The highest BCUT2D eigenvalue weighted by molar-refractivity contribution is 7.91.